The summed E-state index contributed by atoms with van der Waals surface area (Å²) in [6.07, 6.45) is 6.11. The summed E-state index contributed by atoms with van der Waals surface area (Å²) in [4.78, 5) is 16.8. The van der Waals surface area contributed by atoms with Gasteiger partial charge in [-0.25, -0.2) is 0 Å². The molecular weight excluding hydrogens is 426 g/mol. The van der Waals surface area contributed by atoms with Crippen molar-refractivity contribution in [2.24, 2.45) is 0 Å². The van der Waals surface area contributed by atoms with Crippen LogP contribution in [0.2, 0.25) is 0 Å². The Hall–Kier alpha value is -2.06. The molecule has 3 aromatic rings. The van der Waals surface area contributed by atoms with E-state index in [1.54, 1.807) is 11.3 Å². The molecule has 2 aliphatic rings. The van der Waals surface area contributed by atoms with Gasteiger partial charge in [0.1, 0.15) is 0 Å². The monoisotopic (exact) mass is 455 g/mol. The number of rotatable bonds is 8. The zero-order valence-electron chi connectivity index (χ0n) is 18.2. The fraction of sp³-hybridized carbons (Fsp3) is 0.522. The predicted molar refractivity (Wildman–Crippen MR) is 127 cm³/mol. The summed E-state index contributed by atoms with van der Waals surface area (Å²) >= 11 is 3.29. The van der Waals surface area contributed by atoms with Crippen LogP contribution >= 0.6 is 23.1 Å². The minimum Gasteiger partial charge on any atom is -0.343 e. The average Bonchev–Trinajstić information content (AvgIpc) is 3.20. The van der Waals surface area contributed by atoms with Crippen molar-refractivity contribution in [3.8, 4) is 0 Å². The molecular formula is C23H29N5OS2. The number of hydrogen-bond donors (Lipinski definition) is 0. The molecule has 0 amide bonds. The minimum absolute atomic E-state index is 0.167. The number of thioether (sulfide) groups is 1. The first-order valence-corrected chi connectivity index (χ1v) is 13.0. The second kappa shape index (κ2) is 8.82. The third-order valence-corrected chi connectivity index (χ3v) is 8.10. The van der Waals surface area contributed by atoms with Gasteiger partial charge in [0.2, 0.25) is 5.95 Å². The van der Waals surface area contributed by atoms with Crippen LogP contribution in [0, 0.1) is 13.8 Å². The first kappa shape index (κ1) is 20.8. The molecule has 8 heteroatoms. The first-order chi connectivity index (χ1) is 15.1. The highest BCUT2D eigenvalue weighted by Crippen LogP contribution is 2.41. The van der Waals surface area contributed by atoms with Crippen molar-refractivity contribution in [2.45, 2.75) is 63.7 Å². The number of aryl methyl sites for hydroxylation is 1. The van der Waals surface area contributed by atoms with Gasteiger partial charge in [0.15, 0.2) is 10.9 Å². The van der Waals surface area contributed by atoms with Crippen molar-refractivity contribution in [2.75, 3.05) is 23.7 Å². The van der Waals surface area contributed by atoms with Crippen LogP contribution in [0.15, 0.2) is 28.7 Å². The number of Topliss-reactive ketones (excluding diaryl/α,β-unsaturated/α-hetero) is 1. The van der Waals surface area contributed by atoms with Gasteiger partial charge in [0.05, 0.1) is 12.3 Å². The molecule has 5 rings (SSSR count). The SMILES string of the molecule is Cc1cc(C(=O)CSc2nnc(N3CCCCC3)n2C2CC2)c(C)n1Cc1cccs1. The van der Waals surface area contributed by atoms with Crippen LogP contribution < -0.4 is 4.90 Å². The van der Waals surface area contributed by atoms with E-state index >= 15 is 0 Å². The van der Waals surface area contributed by atoms with Crippen molar-refractivity contribution >= 4 is 34.8 Å². The Bertz CT molecular complexity index is 1060. The summed E-state index contributed by atoms with van der Waals surface area (Å²) < 4.78 is 4.54. The zero-order chi connectivity index (χ0) is 21.4. The number of thiophene rings is 1. The third kappa shape index (κ3) is 4.32. The molecule has 0 atom stereocenters. The second-order valence-electron chi connectivity index (χ2n) is 8.59. The lowest BCUT2D eigenvalue weighted by atomic mass is 10.1. The normalized spacial score (nSPS) is 16.8. The Morgan fingerprint density at radius 1 is 1.19 bits per heavy atom. The number of carbonyl (C=O) groups is 1. The number of piperidine rings is 1. The van der Waals surface area contributed by atoms with Crippen LogP contribution in [0.3, 0.4) is 0 Å². The maximum absolute atomic E-state index is 13.1. The summed E-state index contributed by atoms with van der Waals surface area (Å²) in [5, 5.41) is 12.0. The van der Waals surface area contributed by atoms with Gasteiger partial charge in [0, 0.05) is 41.0 Å². The van der Waals surface area contributed by atoms with Crippen LogP contribution in [0.25, 0.3) is 0 Å². The lowest BCUT2D eigenvalue weighted by molar-refractivity contribution is 0.102. The number of nitrogens with zero attached hydrogens (tertiary/aromatic N) is 5. The van der Waals surface area contributed by atoms with E-state index in [1.807, 2.05) is 6.07 Å². The van der Waals surface area contributed by atoms with Gasteiger partial charge < -0.3 is 9.47 Å². The quantitative estimate of drug-likeness (QED) is 0.349. The first-order valence-electron chi connectivity index (χ1n) is 11.2. The van der Waals surface area contributed by atoms with Gasteiger partial charge in [0.25, 0.3) is 0 Å². The van der Waals surface area contributed by atoms with Gasteiger partial charge in [-0.1, -0.05) is 17.8 Å². The van der Waals surface area contributed by atoms with E-state index in [0.29, 0.717) is 11.8 Å². The molecule has 4 heterocycles. The molecule has 2 fully saturated rings. The highest BCUT2D eigenvalue weighted by molar-refractivity contribution is 7.99. The van der Waals surface area contributed by atoms with Crippen LogP contribution in [0.4, 0.5) is 5.95 Å². The van der Waals surface area contributed by atoms with Crippen LogP contribution in [-0.4, -0.2) is 44.0 Å². The summed E-state index contributed by atoms with van der Waals surface area (Å²) in [5.74, 6) is 1.57. The number of hydrogen-bond acceptors (Lipinski definition) is 6. The van der Waals surface area contributed by atoms with Gasteiger partial charge >= 0.3 is 0 Å². The molecule has 1 saturated carbocycles. The summed E-state index contributed by atoms with van der Waals surface area (Å²) in [6.45, 7) is 7.08. The largest absolute Gasteiger partial charge is 0.343 e. The number of carbonyl (C=O) groups excluding carboxylic acids is 1. The maximum Gasteiger partial charge on any atom is 0.228 e. The Balaban J connectivity index is 1.30. The fourth-order valence-corrected chi connectivity index (χ4v) is 6.00. The van der Waals surface area contributed by atoms with Gasteiger partial charge in [-0.15, -0.1) is 21.5 Å². The Morgan fingerprint density at radius 2 is 2.00 bits per heavy atom. The average molecular weight is 456 g/mol. The van der Waals surface area contributed by atoms with Gasteiger partial charge in [-0.05, 0) is 63.5 Å². The standard InChI is InChI=1S/C23H29N5OS2/c1-16-13-20(17(2)27(16)14-19-7-6-12-30-19)21(29)15-31-23-25-24-22(28(23)18-8-9-18)26-10-4-3-5-11-26/h6-7,12-13,18H,3-5,8-11,14-15H2,1-2H3. The molecule has 1 aliphatic carbocycles. The molecule has 0 bridgehead atoms. The van der Waals surface area contributed by atoms with E-state index < -0.39 is 0 Å². The van der Waals surface area contributed by atoms with Crippen LogP contribution in [-0.2, 0) is 6.54 Å². The molecule has 0 radical (unpaired) electrons. The Kier molecular flexibility index (Phi) is 5.93. The summed E-state index contributed by atoms with van der Waals surface area (Å²) in [7, 11) is 0. The van der Waals surface area contributed by atoms with Crippen LogP contribution in [0.1, 0.15) is 64.8 Å². The summed E-state index contributed by atoms with van der Waals surface area (Å²) in [6, 6.07) is 6.76. The van der Waals surface area contributed by atoms with Gasteiger partial charge in [-0.2, -0.15) is 0 Å². The van der Waals surface area contributed by atoms with E-state index in [0.717, 1.165) is 47.7 Å². The van der Waals surface area contributed by atoms with E-state index in [2.05, 4.69) is 55.6 Å². The minimum atomic E-state index is 0.167. The fourth-order valence-electron chi connectivity index (χ4n) is 4.42. The topological polar surface area (TPSA) is 56.0 Å². The zero-order valence-corrected chi connectivity index (χ0v) is 19.8. The molecule has 164 valence electrons. The highest BCUT2D eigenvalue weighted by atomic mass is 32.2. The molecule has 0 unspecified atom stereocenters. The molecule has 1 aliphatic heterocycles. The number of aromatic nitrogens is 4. The van der Waals surface area contributed by atoms with Crippen LogP contribution in [0.5, 0.6) is 0 Å². The molecule has 0 N–H and O–H groups in total. The number of anilines is 1. The van der Waals surface area contributed by atoms with Crippen molar-refractivity contribution in [1.29, 1.82) is 0 Å². The van der Waals surface area contributed by atoms with E-state index in [4.69, 9.17) is 0 Å². The van der Waals surface area contributed by atoms with Crippen molar-refractivity contribution in [3.05, 3.63) is 45.4 Å². The lowest BCUT2D eigenvalue weighted by Crippen LogP contribution is -2.31. The molecule has 0 aromatic carbocycles. The molecule has 31 heavy (non-hydrogen) atoms. The molecule has 3 aromatic heterocycles. The maximum atomic E-state index is 13.1. The predicted octanol–water partition coefficient (Wildman–Crippen LogP) is 5.11. The molecule has 1 saturated heterocycles. The second-order valence-corrected chi connectivity index (χ2v) is 10.6. The van der Waals surface area contributed by atoms with E-state index in [-0.39, 0.29) is 5.78 Å². The van der Waals surface area contributed by atoms with Crippen molar-refractivity contribution < 1.29 is 4.79 Å². The number of ketones is 1. The molecule has 0 spiro atoms. The van der Waals surface area contributed by atoms with E-state index in [1.165, 1.54) is 48.7 Å². The molecule has 6 nitrogen and oxygen atoms in total. The van der Waals surface area contributed by atoms with Gasteiger partial charge in [-0.3, -0.25) is 9.36 Å². The van der Waals surface area contributed by atoms with Crippen molar-refractivity contribution in [3.63, 3.8) is 0 Å². The third-order valence-electron chi connectivity index (χ3n) is 6.30. The Morgan fingerprint density at radius 3 is 2.71 bits per heavy atom. The smallest absolute Gasteiger partial charge is 0.228 e. The Labute approximate surface area is 191 Å². The summed E-state index contributed by atoms with van der Waals surface area (Å²) in [5.41, 5.74) is 3.01. The lowest BCUT2D eigenvalue weighted by Gasteiger charge is -2.27. The highest BCUT2D eigenvalue weighted by Gasteiger charge is 2.32. The van der Waals surface area contributed by atoms with E-state index in [9.17, 15) is 4.79 Å². The van der Waals surface area contributed by atoms with Crippen molar-refractivity contribution in [1.82, 2.24) is 19.3 Å².